The van der Waals surface area contributed by atoms with Gasteiger partial charge in [-0.15, -0.1) is 0 Å². The molecule has 0 saturated carbocycles. The molecule has 1 fully saturated rings. The average molecular weight is 378 g/mol. The van der Waals surface area contributed by atoms with Gasteiger partial charge >= 0.3 is 0 Å². The Bertz CT molecular complexity index is 869. The van der Waals surface area contributed by atoms with Crippen molar-refractivity contribution in [3.63, 3.8) is 0 Å². The number of piperazine rings is 1. The number of rotatable bonds is 5. The molecule has 2 aromatic carbocycles. The van der Waals surface area contributed by atoms with Crippen molar-refractivity contribution >= 4 is 17.6 Å². The molecule has 1 aliphatic heterocycles. The standard InChI is InChI=1S/C23H26N2O3/c1-17-8-9-20(16-18(17)2)21(26)10-11-22(27)24-12-14-25(15-13-24)23(28)19-6-4-3-5-7-19/h3-9,16H,10-15H2,1-2H3. The van der Waals surface area contributed by atoms with Gasteiger partial charge < -0.3 is 9.80 Å². The second-order valence-electron chi connectivity index (χ2n) is 7.26. The van der Waals surface area contributed by atoms with E-state index in [-0.39, 0.29) is 30.4 Å². The van der Waals surface area contributed by atoms with E-state index in [0.29, 0.717) is 37.3 Å². The van der Waals surface area contributed by atoms with Crippen molar-refractivity contribution in [2.24, 2.45) is 0 Å². The molecule has 0 spiro atoms. The highest BCUT2D eigenvalue weighted by molar-refractivity contribution is 5.98. The van der Waals surface area contributed by atoms with E-state index in [9.17, 15) is 14.4 Å². The van der Waals surface area contributed by atoms with Crippen LogP contribution in [0.15, 0.2) is 48.5 Å². The Balaban J connectivity index is 1.48. The van der Waals surface area contributed by atoms with Gasteiger partial charge in [0.05, 0.1) is 0 Å². The van der Waals surface area contributed by atoms with Crippen LogP contribution < -0.4 is 0 Å². The zero-order valence-corrected chi connectivity index (χ0v) is 16.5. The number of Topliss-reactive ketones (excluding diaryl/α,β-unsaturated/α-hetero) is 1. The fourth-order valence-electron chi connectivity index (χ4n) is 3.36. The van der Waals surface area contributed by atoms with Gasteiger partial charge in [-0.25, -0.2) is 0 Å². The molecule has 28 heavy (non-hydrogen) atoms. The molecular formula is C23H26N2O3. The van der Waals surface area contributed by atoms with Gasteiger partial charge in [0.15, 0.2) is 5.78 Å². The van der Waals surface area contributed by atoms with Gasteiger partial charge in [-0.2, -0.15) is 0 Å². The van der Waals surface area contributed by atoms with Crippen LogP contribution in [0.5, 0.6) is 0 Å². The van der Waals surface area contributed by atoms with Gasteiger partial charge in [-0.3, -0.25) is 14.4 Å². The second-order valence-corrected chi connectivity index (χ2v) is 7.26. The third kappa shape index (κ3) is 4.66. The van der Waals surface area contributed by atoms with Crippen LogP contribution in [0.3, 0.4) is 0 Å². The van der Waals surface area contributed by atoms with E-state index in [4.69, 9.17) is 0 Å². The molecule has 0 aromatic heterocycles. The van der Waals surface area contributed by atoms with Crippen LogP contribution in [0.2, 0.25) is 0 Å². The highest BCUT2D eigenvalue weighted by Gasteiger charge is 2.25. The predicted octanol–water partition coefficient (Wildman–Crippen LogP) is 3.25. The fraction of sp³-hybridized carbons (Fsp3) is 0.348. The van der Waals surface area contributed by atoms with Crippen molar-refractivity contribution < 1.29 is 14.4 Å². The van der Waals surface area contributed by atoms with Crippen molar-refractivity contribution in [2.45, 2.75) is 26.7 Å². The molecule has 1 aliphatic rings. The Morgan fingerprint density at radius 1 is 0.750 bits per heavy atom. The molecule has 5 nitrogen and oxygen atoms in total. The first-order valence-electron chi connectivity index (χ1n) is 9.68. The lowest BCUT2D eigenvalue weighted by Crippen LogP contribution is -2.50. The molecule has 0 atom stereocenters. The van der Waals surface area contributed by atoms with Crippen LogP contribution in [-0.2, 0) is 4.79 Å². The van der Waals surface area contributed by atoms with Gasteiger partial charge in [-0.05, 0) is 43.2 Å². The van der Waals surface area contributed by atoms with Crippen molar-refractivity contribution in [3.05, 3.63) is 70.8 Å². The van der Waals surface area contributed by atoms with Crippen molar-refractivity contribution in [3.8, 4) is 0 Å². The third-order valence-corrected chi connectivity index (χ3v) is 5.34. The summed E-state index contributed by atoms with van der Waals surface area (Å²) in [5.41, 5.74) is 3.56. The zero-order valence-electron chi connectivity index (χ0n) is 16.5. The third-order valence-electron chi connectivity index (χ3n) is 5.34. The number of hydrogen-bond acceptors (Lipinski definition) is 3. The largest absolute Gasteiger partial charge is 0.339 e. The summed E-state index contributed by atoms with van der Waals surface area (Å²) in [7, 11) is 0. The molecule has 1 heterocycles. The van der Waals surface area contributed by atoms with Gasteiger partial charge in [-0.1, -0.05) is 30.3 Å². The Morgan fingerprint density at radius 2 is 1.39 bits per heavy atom. The lowest BCUT2D eigenvalue weighted by molar-refractivity contribution is -0.132. The molecule has 3 rings (SSSR count). The molecule has 0 unspecified atom stereocenters. The quantitative estimate of drug-likeness (QED) is 0.751. The van der Waals surface area contributed by atoms with E-state index in [2.05, 4.69) is 0 Å². The van der Waals surface area contributed by atoms with Gasteiger partial charge in [0.2, 0.25) is 5.91 Å². The first-order chi connectivity index (χ1) is 13.5. The van der Waals surface area contributed by atoms with Crippen LogP contribution in [0, 0.1) is 13.8 Å². The maximum absolute atomic E-state index is 12.5. The predicted molar refractivity (Wildman–Crippen MR) is 108 cm³/mol. The summed E-state index contributed by atoms with van der Waals surface area (Å²) in [6.45, 7) is 6.04. The highest BCUT2D eigenvalue weighted by atomic mass is 16.2. The minimum absolute atomic E-state index is 0.00221. The summed E-state index contributed by atoms with van der Waals surface area (Å²) in [6.07, 6.45) is 0.420. The molecular weight excluding hydrogens is 352 g/mol. The topological polar surface area (TPSA) is 57.7 Å². The molecule has 5 heteroatoms. The van der Waals surface area contributed by atoms with E-state index < -0.39 is 0 Å². The number of nitrogens with zero attached hydrogens (tertiary/aromatic N) is 2. The molecule has 0 bridgehead atoms. The molecule has 146 valence electrons. The number of ketones is 1. The Hall–Kier alpha value is -2.95. The lowest BCUT2D eigenvalue weighted by atomic mass is 10.0. The van der Waals surface area contributed by atoms with E-state index >= 15 is 0 Å². The highest BCUT2D eigenvalue weighted by Crippen LogP contribution is 2.14. The summed E-state index contributed by atoms with van der Waals surface area (Å²) >= 11 is 0. The van der Waals surface area contributed by atoms with Gasteiger partial charge in [0.25, 0.3) is 5.91 Å². The SMILES string of the molecule is Cc1ccc(C(=O)CCC(=O)N2CCN(C(=O)c3ccccc3)CC2)cc1C. The number of carbonyl (C=O) groups excluding carboxylic acids is 3. The number of carbonyl (C=O) groups is 3. The van der Waals surface area contributed by atoms with Gasteiger partial charge in [0, 0.05) is 50.1 Å². The van der Waals surface area contributed by atoms with E-state index in [1.54, 1.807) is 21.9 Å². The van der Waals surface area contributed by atoms with Crippen LogP contribution in [0.4, 0.5) is 0 Å². The Morgan fingerprint density at radius 3 is 2.04 bits per heavy atom. The van der Waals surface area contributed by atoms with Crippen molar-refractivity contribution in [1.29, 1.82) is 0 Å². The second kappa shape index (κ2) is 8.83. The number of hydrogen-bond donors (Lipinski definition) is 0. The molecule has 2 amide bonds. The maximum Gasteiger partial charge on any atom is 0.253 e. The Labute approximate surface area is 166 Å². The number of amides is 2. The summed E-state index contributed by atoms with van der Waals surface area (Å²) in [5.74, 6) is -0.0315. The molecule has 0 radical (unpaired) electrons. The van der Waals surface area contributed by atoms with Crippen LogP contribution in [-0.4, -0.2) is 53.6 Å². The van der Waals surface area contributed by atoms with Crippen molar-refractivity contribution in [2.75, 3.05) is 26.2 Å². The smallest absolute Gasteiger partial charge is 0.253 e. The maximum atomic E-state index is 12.5. The minimum Gasteiger partial charge on any atom is -0.339 e. The normalized spacial score (nSPS) is 14.1. The average Bonchev–Trinajstić information content (AvgIpc) is 2.74. The van der Waals surface area contributed by atoms with E-state index in [1.807, 2.05) is 50.2 Å². The summed E-state index contributed by atoms with van der Waals surface area (Å²) in [6, 6.07) is 14.8. The van der Waals surface area contributed by atoms with Crippen LogP contribution in [0.25, 0.3) is 0 Å². The summed E-state index contributed by atoms with van der Waals surface area (Å²) in [5, 5.41) is 0. The summed E-state index contributed by atoms with van der Waals surface area (Å²) < 4.78 is 0. The molecule has 1 saturated heterocycles. The summed E-state index contributed by atoms with van der Waals surface area (Å²) in [4.78, 5) is 40.8. The lowest BCUT2D eigenvalue weighted by Gasteiger charge is -2.34. The molecule has 0 N–H and O–H groups in total. The van der Waals surface area contributed by atoms with Gasteiger partial charge in [0.1, 0.15) is 0 Å². The van der Waals surface area contributed by atoms with E-state index in [0.717, 1.165) is 11.1 Å². The first kappa shape index (κ1) is 19.8. The molecule has 0 aliphatic carbocycles. The fourth-order valence-corrected chi connectivity index (χ4v) is 3.36. The van der Waals surface area contributed by atoms with Crippen molar-refractivity contribution in [1.82, 2.24) is 9.80 Å². The molecule has 2 aromatic rings. The number of aryl methyl sites for hydroxylation is 2. The monoisotopic (exact) mass is 378 g/mol. The van der Waals surface area contributed by atoms with Crippen LogP contribution >= 0.6 is 0 Å². The Kier molecular flexibility index (Phi) is 6.24. The minimum atomic E-state index is -0.0241. The van der Waals surface area contributed by atoms with Crippen LogP contribution in [0.1, 0.15) is 44.7 Å². The first-order valence-corrected chi connectivity index (χ1v) is 9.68. The van der Waals surface area contributed by atoms with E-state index in [1.165, 1.54) is 0 Å². The zero-order chi connectivity index (χ0) is 20.1. The number of benzene rings is 2.